The summed E-state index contributed by atoms with van der Waals surface area (Å²) in [4.78, 5) is 12.3. The number of sulfonamides is 1. The number of anilines is 1. The zero-order chi connectivity index (χ0) is 18.4. The van der Waals surface area contributed by atoms with Crippen molar-refractivity contribution < 1.29 is 17.9 Å². The fraction of sp³-hybridized carbons (Fsp3) is 0.278. The van der Waals surface area contributed by atoms with Crippen LogP contribution in [-0.2, 0) is 14.8 Å². The van der Waals surface area contributed by atoms with E-state index < -0.39 is 10.0 Å². The summed E-state index contributed by atoms with van der Waals surface area (Å²) in [6.07, 6.45) is 0. The maximum atomic E-state index is 13.1. The topological polar surface area (TPSA) is 75.7 Å². The number of nitrogens with one attached hydrogen (secondary N) is 1. The van der Waals surface area contributed by atoms with E-state index in [-0.39, 0.29) is 23.4 Å². The average Bonchev–Trinajstić information content (AvgIpc) is 2.59. The van der Waals surface area contributed by atoms with Crippen LogP contribution in [0.3, 0.4) is 0 Å². The molecule has 0 saturated carbocycles. The van der Waals surface area contributed by atoms with Gasteiger partial charge in [-0.2, -0.15) is 0 Å². The van der Waals surface area contributed by atoms with Crippen molar-refractivity contribution in [1.29, 1.82) is 0 Å². The molecule has 2 rings (SSSR count). The van der Waals surface area contributed by atoms with Gasteiger partial charge in [0.2, 0.25) is 5.91 Å². The standard InChI is InChI=1S/C18H22N2O4S/c1-14(2)19-18(21)13-20(15-7-5-4-6-8-15)25(22,23)17-11-9-16(24-3)10-12-17/h4-12,14H,13H2,1-3H3,(H,19,21). The lowest BCUT2D eigenvalue weighted by atomic mass is 10.3. The third kappa shape index (κ3) is 4.73. The Bertz CT molecular complexity index is 803. The largest absolute Gasteiger partial charge is 0.497 e. The maximum absolute atomic E-state index is 13.1. The Morgan fingerprint density at radius 3 is 2.20 bits per heavy atom. The number of benzene rings is 2. The molecule has 2 aromatic carbocycles. The van der Waals surface area contributed by atoms with Gasteiger partial charge in [0.25, 0.3) is 10.0 Å². The molecule has 0 bridgehead atoms. The first-order chi connectivity index (χ1) is 11.8. The first kappa shape index (κ1) is 18.8. The van der Waals surface area contributed by atoms with E-state index in [1.807, 2.05) is 13.8 Å². The van der Waals surface area contributed by atoms with Crippen LogP contribution in [0.15, 0.2) is 59.5 Å². The quantitative estimate of drug-likeness (QED) is 0.821. The number of methoxy groups -OCH3 is 1. The molecule has 0 aliphatic rings. The van der Waals surface area contributed by atoms with Crippen LogP contribution in [0.2, 0.25) is 0 Å². The highest BCUT2D eigenvalue weighted by Gasteiger charge is 2.27. The van der Waals surface area contributed by atoms with Gasteiger partial charge in [-0.1, -0.05) is 18.2 Å². The van der Waals surface area contributed by atoms with Gasteiger partial charge in [-0.3, -0.25) is 9.10 Å². The Labute approximate surface area is 148 Å². The lowest BCUT2D eigenvalue weighted by molar-refractivity contribution is -0.120. The molecule has 0 aromatic heterocycles. The van der Waals surface area contributed by atoms with Gasteiger partial charge in [0, 0.05) is 6.04 Å². The van der Waals surface area contributed by atoms with Gasteiger partial charge >= 0.3 is 0 Å². The van der Waals surface area contributed by atoms with Gasteiger partial charge in [-0.25, -0.2) is 8.42 Å². The van der Waals surface area contributed by atoms with Crippen LogP contribution in [0, 0.1) is 0 Å². The Morgan fingerprint density at radius 1 is 1.08 bits per heavy atom. The van der Waals surface area contributed by atoms with Gasteiger partial charge in [-0.15, -0.1) is 0 Å². The summed E-state index contributed by atoms with van der Waals surface area (Å²) >= 11 is 0. The third-order valence-electron chi connectivity index (χ3n) is 3.43. The summed E-state index contributed by atoms with van der Waals surface area (Å²) < 4.78 is 32.3. The number of rotatable bonds is 7. The molecule has 134 valence electrons. The van der Waals surface area contributed by atoms with Crippen LogP contribution >= 0.6 is 0 Å². The molecule has 7 heteroatoms. The van der Waals surface area contributed by atoms with Gasteiger partial charge in [-0.05, 0) is 50.2 Å². The van der Waals surface area contributed by atoms with Gasteiger partial charge in [0.1, 0.15) is 12.3 Å². The number of nitrogens with zero attached hydrogens (tertiary/aromatic N) is 1. The maximum Gasteiger partial charge on any atom is 0.264 e. The molecule has 0 heterocycles. The van der Waals surface area contributed by atoms with Crippen molar-refractivity contribution in [3.8, 4) is 5.75 Å². The second kappa shape index (κ2) is 8.02. The fourth-order valence-electron chi connectivity index (χ4n) is 2.28. The molecular weight excluding hydrogens is 340 g/mol. The predicted octanol–water partition coefficient (Wildman–Crippen LogP) is 2.42. The molecule has 0 radical (unpaired) electrons. The van der Waals surface area contributed by atoms with Crippen molar-refractivity contribution in [3.05, 3.63) is 54.6 Å². The molecule has 0 saturated heterocycles. The Morgan fingerprint density at radius 2 is 1.68 bits per heavy atom. The average molecular weight is 362 g/mol. The van der Waals surface area contributed by atoms with E-state index in [1.54, 1.807) is 42.5 Å². The van der Waals surface area contributed by atoms with E-state index in [9.17, 15) is 13.2 Å². The number of hydrogen-bond donors (Lipinski definition) is 1. The number of ether oxygens (including phenoxy) is 1. The molecular formula is C18H22N2O4S. The molecule has 6 nitrogen and oxygen atoms in total. The van der Waals surface area contributed by atoms with Crippen molar-refractivity contribution in [2.45, 2.75) is 24.8 Å². The molecule has 1 N–H and O–H groups in total. The lowest BCUT2D eigenvalue weighted by Gasteiger charge is -2.24. The number of carbonyl (C=O) groups is 1. The summed E-state index contributed by atoms with van der Waals surface area (Å²) in [5, 5.41) is 2.72. The molecule has 0 aliphatic heterocycles. The van der Waals surface area contributed by atoms with E-state index in [1.165, 1.54) is 19.2 Å². The number of carbonyl (C=O) groups excluding carboxylic acids is 1. The summed E-state index contributed by atoms with van der Waals surface area (Å²) in [7, 11) is -2.38. The summed E-state index contributed by atoms with van der Waals surface area (Å²) in [6.45, 7) is 3.35. The normalized spacial score (nSPS) is 11.2. The van der Waals surface area contributed by atoms with Crippen LogP contribution in [-0.4, -0.2) is 34.0 Å². The summed E-state index contributed by atoms with van der Waals surface area (Å²) in [5.41, 5.74) is 0.428. The van der Waals surface area contributed by atoms with Gasteiger partial charge < -0.3 is 10.1 Å². The SMILES string of the molecule is COc1ccc(S(=O)(=O)N(CC(=O)NC(C)C)c2ccccc2)cc1. The molecule has 0 aliphatic carbocycles. The number of hydrogen-bond acceptors (Lipinski definition) is 4. The summed E-state index contributed by atoms with van der Waals surface area (Å²) in [5.74, 6) is 0.193. The molecule has 25 heavy (non-hydrogen) atoms. The minimum atomic E-state index is -3.89. The van der Waals surface area contributed by atoms with E-state index in [4.69, 9.17) is 4.74 Å². The molecule has 0 spiro atoms. The monoisotopic (exact) mass is 362 g/mol. The van der Waals surface area contributed by atoms with E-state index in [0.717, 1.165) is 4.31 Å². The first-order valence-corrected chi connectivity index (χ1v) is 9.30. The fourth-order valence-corrected chi connectivity index (χ4v) is 3.70. The Balaban J connectivity index is 2.40. The van der Waals surface area contributed by atoms with E-state index >= 15 is 0 Å². The van der Waals surface area contributed by atoms with Crippen molar-refractivity contribution >= 4 is 21.6 Å². The third-order valence-corrected chi connectivity index (χ3v) is 5.22. The second-order valence-corrected chi connectivity index (χ2v) is 7.61. The van der Waals surface area contributed by atoms with Crippen molar-refractivity contribution in [2.24, 2.45) is 0 Å². The van der Waals surface area contributed by atoms with Crippen LogP contribution in [0.25, 0.3) is 0 Å². The van der Waals surface area contributed by atoms with Crippen molar-refractivity contribution in [3.63, 3.8) is 0 Å². The molecule has 0 fully saturated rings. The first-order valence-electron chi connectivity index (χ1n) is 7.86. The van der Waals surface area contributed by atoms with E-state index in [2.05, 4.69) is 5.32 Å². The van der Waals surface area contributed by atoms with Gasteiger partial charge in [0.15, 0.2) is 0 Å². The minimum Gasteiger partial charge on any atom is -0.497 e. The van der Waals surface area contributed by atoms with Gasteiger partial charge in [0.05, 0.1) is 17.7 Å². The Hall–Kier alpha value is -2.54. The van der Waals surface area contributed by atoms with Crippen molar-refractivity contribution in [2.75, 3.05) is 18.0 Å². The molecule has 1 amide bonds. The smallest absolute Gasteiger partial charge is 0.264 e. The second-order valence-electron chi connectivity index (χ2n) is 5.74. The Kier molecular flexibility index (Phi) is 6.03. The van der Waals surface area contributed by atoms with E-state index in [0.29, 0.717) is 11.4 Å². The van der Waals surface area contributed by atoms with Crippen LogP contribution in [0.4, 0.5) is 5.69 Å². The highest BCUT2D eigenvalue weighted by Crippen LogP contribution is 2.24. The van der Waals surface area contributed by atoms with Crippen LogP contribution in [0.5, 0.6) is 5.75 Å². The number of amides is 1. The molecule has 0 atom stereocenters. The summed E-state index contributed by atoms with van der Waals surface area (Å²) in [6, 6.07) is 14.6. The zero-order valence-electron chi connectivity index (χ0n) is 14.5. The predicted molar refractivity (Wildman–Crippen MR) is 97.2 cm³/mol. The van der Waals surface area contributed by atoms with Crippen LogP contribution in [0.1, 0.15) is 13.8 Å². The lowest BCUT2D eigenvalue weighted by Crippen LogP contribution is -2.42. The van der Waals surface area contributed by atoms with Crippen LogP contribution < -0.4 is 14.4 Å². The minimum absolute atomic E-state index is 0.0752. The highest BCUT2D eigenvalue weighted by molar-refractivity contribution is 7.92. The molecule has 2 aromatic rings. The molecule has 0 unspecified atom stereocenters. The zero-order valence-corrected chi connectivity index (χ0v) is 15.3. The number of para-hydroxylation sites is 1. The van der Waals surface area contributed by atoms with Crippen molar-refractivity contribution in [1.82, 2.24) is 5.32 Å². The highest BCUT2D eigenvalue weighted by atomic mass is 32.2.